The molecule has 3 N–H and O–H groups in total. The van der Waals surface area contributed by atoms with Gasteiger partial charge in [0.1, 0.15) is 6.61 Å². The van der Waals surface area contributed by atoms with Gasteiger partial charge in [-0.1, -0.05) is 53.6 Å². The Morgan fingerprint density at radius 1 is 1.06 bits per heavy atom. The number of carbonyl (C=O) groups excluding carboxylic acids is 1. The number of nitrogens with zero attached hydrogens (tertiary/aromatic N) is 3. The molecular weight excluding hydrogens is 475 g/mol. The number of amides is 1. The molecule has 176 valence electrons. The molecule has 1 aliphatic heterocycles. The Kier molecular flexibility index (Phi) is 7.88. The molecule has 0 spiro atoms. The average molecular weight is 499 g/mol. The molecule has 1 aliphatic rings. The van der Waals surface area contributed by atoms with Crippen molar-refractivity contribution in [2.24, 2.45) is 0 Å². The van der Waals surface area contributed by atoms with E-state index < -0.39 is 6.61 Å². The van der Waals surface area contributed by atoms with Crippen molar-refractivity contribution < 1.29 is 15.0 Å². The third-order valence-electron chi connectivity index (χ3n) is 5.58. The normalized spacial score (nSPS) is 13.9. The number of carbonyl (C=O) groups is 1. The Hall–Kier alpha value is -2.86. The van der Waals surface area contributed by atoms with Gasteiger partial charge in [0.2, 0.25) is 0 Å². The number of hydrogen-bond donors (Lipinski definition) is 3. The van der Waals surface area contributed by atoms with Crippen molar-refractivity contribution in [3.8, 4) is 28.8 Å². The number of piperidine rings is 1. The summed E-state index contributed by atoms with van der Waals surface area (Å²) >= 11 is 12.6. The molecule has 9 heteroatoms. The van der Waals surface area contributed by atoms with Crippen LogP contribution in [0.1, 0.15) is 40.9 Å². The number of aromatic nitrogens is 2. The van der Waals surface area contributed by atoms with Gasteiger partial charge in [-0.2, -0.15) is 5.10 Å². The van der Waals surface area contributed by atoms with Crippen molar-refractivity contribution in [2.45, 2.75) is 25.9 Å². The van der Waals surface area contributed by atoms with Crippen molar-refractivity contribution in [1.29, 1.82) is 0 Å². The molecule has 0 bridgehead atoms. The molecule has 1 saturated heterocycles. The summed E-state index contributed by atoms with van der Waals surface area (Å²) < 4.78 is 1.56. The zero-order valence-electron chi connectivity index (χ0n) is 18.4. The molecular formula is C25H24Cl2N4O3. The zero-order valence-corrected chi connectivity index (χ0v) is 19.9. The first-order valence-corrected chi connectivity index (χ1v) is 11.7. The first-order valence-electron chi connectivity index (χ1n) is 11.0. The van der Waals surface area contributed by atoms with E-state index in [1.54, 1.807) is 35.0 Å². The van der Waals surface area contributed by atoms with Crippen LogP contribution in [-0.4, -0.2) is 50.6 Å². The second-order valence-corrected chi connectivity index (χ2v) is 8.71. The third kappa shape index (κ3) is 5.27. The van der Waals surface area contributed by atoms with Crippen LogP contribution in [0.25, 0.3) is 16.9 Å². The van der Waals surface area contributed by atoms with Crippen LogP contribution in [0.2, 0.25) is 10.0 Å². The van der Waals surface area contributed by atoms with Gasteiger partial charge in [0.25, 0.3) is 5.91 Å². The molecule has 4 rings (SSSR count). The SMILES string of the molecule is O=C(NN1CCCCC1)c1nn(-c2ccc(Cl)cc2Cl)c(-c2ccc(C#CCO)cc2)c1CO. The van der Waals surface area contributed by atoms with E-state index in [4.69, 9.17) is 28.3 Å². The number of hydrogen-bond acceptors (Lipinski definition) is 5. The molecule has 2 heterocycles. The quantitative estimate of drug-likeness (QED) is 0.465. The van der Waals surface area contributed by atoms with E-state index >= 15 is 0 Å². The first kappa shape index (κ1) is 24.3. The molecule has 0 unspecified atom stereocenters. The number of aliphatic hydroxyl groups excluding tert-OH is 2. The molecule has 0 saturated carbocycles. The van der Waals surface area contributed by atoms with Gasteiger partial charge in [-0.25, -0.2) is 9.69 Å². The molecule has 0 aliphatic carbocycles. The van der Waals surface area contributed by atoms with E-state index in [1.165, 1.54) is 0 Å². The number of benzene rings is 2. The van der Waals surface area contributed by atoms with Crippen molar-refractivity contribution in [1.82, 2.24) is 20.2 Å². The van der Waals surface area contributed by atoms with Crippen LogP contribution >= 0.6 is 23.2 Å². The van der Waals surface area contributed by atoms with Gasteiger partial charge in [-0.3, -0.25) is 10.2 Å². The van der Waals surface area contributed by atoms with Crippen molar-refractivity contribution in [3.05, 3.63) is 69.3 Å². The third-order valence-corrected chi connectivity index (χ3v) is 6.12. The predicted octanol–water partition coefficient (Wildman–Crippen LogP) is 3.81. The van der Waals surface area contributed by atoms with E-state index in [2.05, 4.69) is 22.4 Å². The summed E-state index contributed by atoms with van der Waals surface area (Å²) in [5.41, 5.74) is 5.93. The highest BCUT2D eigenvalue weighted by Crippen LogP contribution is 2.33. The minimum atomic E-state index is -0.393. The predicted molar refractivity (Wildman–Crippen MR) is 132 cm³/mol. The minimum Gasteiger partial charge on any atom is -0.392 e. The topological polar surface area (TPSA) is 90.6 Å². The molecule has 0 atom stereocenters. The average Bonchev–Trinajstić information content (AvgIpc) is 3.23. The van der Waals surface area contributed by atoms with Gasteiger partial charge in [0.15, 0.2) is 5.69 Å². The first-order chi connectivity index (χ1) is 16.5. The fraction of sp³-hybridized carbons (Fsp3) is 0.280. The fourth-order valence-electron chi connectivity index (χ4n) is 3.96. The lowest BCUT2D eigenvalue weighted by molar-refractivity contribution is 0.0741. The lowest BCUT2D eigenvalue weighted by Crippen LogP contribution is -2.45. The number of hydrazine groups is 1. The highest BCUT2D eigenvalue weighted by Gasteiger charge is 2.26. The number of rotatable bonds is 5. The maximum atomic E-state index is 13.2. The van der Waals surface area contributed by atoms with Crippen LogP contribution < -0.4 is 5.43 Å². The molecule has 2 aromatic carbocycles. The van der Waals surface area contributed by atoms with Crippen molar-refractivity contribution >= 4 is 29.1 Å². The van der Waals surface area contributed by atoms with E-state index in [-0.39, 0.29) is 18.2 Å². The van der Waals surface area contributed by atoms with Gasteiger partial charge in [0.05, 0.1) is 23.0 Å². The van der Waals surface area contributed by atoms with Gasteiger partial charge in [0, 0.05) is 34.8 Å². The number of halogens is 2. The maximum Gasteiger partial charge on any atom is 0.286 e. The lowest BCUT2D eigenvalue weighted by atomic mass is 10.0. The maximum absolute atomic E-state index is 13.2. The van der Waals surface area contributed by atoms with Crippen molar-refractivity contribution in [3.63, 3.8) is 0 Å². The molecule has 1 amide bonds. The second kappa shape index (κ2) is 11.0. The Balaban J connectivity index is 1.82. The summed E-state index contributed by atoms with van der Waals surface area (Å²) in [4.78, 5) is 13.2. The Morgan fingerprint density at radius 3 is 2.44 bits per heavy atom. The summed E-state index contributed by atoms with van der Waals surface area (Å²) in [5, 5.41) is 26.5. The van der Waals surface area contributed by atoms with Gasteiger partial charge < -0.3 is 10.2 Å². The standard InChI is InChI=1S/C25H24Cl2N4O3/c26-19-10-11-22(21(27)15-19)31-24(18-8-6-17(7-9-18)5-4-14-32)20(16-33)23(28-31)25(34)29-30-12-2-1-3-13-30/h6-11,15,32-33H,1-3,12-14,16H2,(H,29,34). The molecule has 34 heavy (non-hydrogen) atoms. The van der Waals surface area contributed by atoms with E-state index in [1.807, 2.05) is 17.1 Å². The van der Waals surface area contributed by atoms with Gasteiger partial charge in [-0.05, 0) is 43.2 Å². The summed E-state index contributed by atoms with van der Waals surface area (Å²) in [6.45, 7) is 0.920. The highest BCUT2D eigenvalue weighted by molar-refractivity contribution is 6.35. The van der Waals surface area contributed by atoms with E-state index in [0.717, 1.165) is 37.9 Å². The van der Waals surface area contributed by atoms with Crippen LogP contribution in [0.15, 0.2) is 42.5 Å². The number of aliphatic hydroxyl groups is 2. The second-order valence-electron chi connectivity index (χ2n) is 7.87. The molecule has 1 aromatic heterocycles. The monoisotopic (exact) mass is 498 g/mol. The zero-order chi connectivity index (χ0) is 24.1. The minimum absolute atomic E-state index is 0.123. The lowest BCUT2D eigenvalue weighted by Gasteiger charge is -2.26. The highest BCUT2D eigenvalue weighted by atomic mass is 35.5. The van der Waals surface area contributed by atoms with E-state index in [9.17, 15) is 9.90 Å². The van der Waals surface area contributed by atoms with Crippen molar-refractivity contribution in [2.75, 3.05) is 19.7 Å². The van der Waals surface area contributed by atoms with Crippen LogP contribution in [0.5, 0.6) is 0 Å². The Labute approximate surface area is 207 Å². The molecule has 1 fully saturated rings. The smallest absolute Gasteiger partial charge is 0.286 e. The Morgan fingerprint density at radius 2 is 1.79 bits per heavy atom. The van der Waals surface area contributed by atoms with Gasteiger partial charge in [-0.15, -0.1) is 0 Å². The van der Waals surface area contributed by atoms with E-state index in [0.29, 0.717) is 32.6 Å². The van der Waals surface area contributed by atoms with Gasteiger partial charge >= 0.3 is 0 Å². The summed E-state index contributed by atoms with van der Waals surface area (Å²) in [5.74, 6) is 5.08. The molecule has 0 radical (unpaired) electrons. The fourth-order valence-corrected chi connectivity index (χ4v) is 4.45. The summed E-state index contributed by atoms with van der Waals surface area (Å²) in [7, 11) is 0. The van der Waals surface area contributed by atoms with Crippen LogP contribution in [0, 0.1) is 11.8 Å². The largest absolute Gasteiger partial charge is 0.392 e. The summed E-state index contributed by atoms with van der Waals surface area (Å²) in [6.07, 6.45) is 3.16. The Bertz CT molecular complexity index is 1240. The molecule has 7 nitrogen and oxygen atoms in total. The van der Waals surface area contributed by atoms with Crippen LogP contribution in [0.3, 0.4) is 0 Å². The van der Waals surface area contributed by atoms with Crippen LogP contribution in [-0.2, 0) is 6.61 Å². The van der Waals surface area contributed by atoms with Crippen LogP contribution in [0.4, 0.5) is 0 Å². The number of nitrogens with one attached hydrogen (secondary N) is 1. The molecule has 3 aromatic rings. The summed E-state index contributed by atoms with van der Waals surface area (Å²) in [6, 6.07) is 12.3.